The van der Waals surface area contributed by atoms with Gasteiger partial charge in [-0.15, -0.1) is 17.3 Å². The topological polar surface area (TPSA) is 70.0 Å². The molecule has 60 valence electrons. The van der Waals surface area contributed by atoms with E-state index in [1.165, 1.54) is 7.05 Å². The number of hydrogen-bond donors (Lipinski definition) is 1. The van der Waals surface area contributed by atoms with Crippen LogP contribution in [0.2, 0.25) is 0 Å². The summed E-state index contributed by atoms with van der Waals surface area (Å²) < 4.78 is 0. The highest BCUT2D eigenvalue weighted by atomic mass is 35.5. The number of aliphatic carboxylic acids is 1. The van der Waals surface area contributed by atoms with Crippen molar-refractivity contribution in [2.45, 2.75) is 6.42 Å². The quantitative estimate of drug-likeness (QED) is 0.490. The van der Waals surface area contributed by atoms with Gasteiger partial charge in [0, 0.05) is 13.6 Å². The molecule has 0 amide bonds. The van der Waals surface area contributed by atoms with Crippen molar-refractivity contribution >= 4 is 18.4 Å². The van der Waals surface area contributed by atoms with E-state index < -0.39 is 5.97 Å². The number of nitrogens with zero attached hydrogens (tertiary/aromatic N) is 2. The van der Waals surface area contributed by atoms with Crippen LogP contribution in [0.5, 0.6) is 0 Å². The summed E-state index contributed by atoms with van der Waals surface area (Å²) in [6.07, 6.45) is -0.0533. The van der Waals surface area contributed by atoms with Gasteiger partial charge in [0.15, 0.2) is 0 Å². The summed E-state index contributed by atoms with van der Waals surface area (Å²) >= 11 is 0. The van der Waals surface area contributed by atoms with E-state index in [1.54, 1.807) is 0 Å². The first-order valence-electron chi connectivity index (χ1n) is 2.43. The molecule has 0 spiro atoms. The Bertz CT molecular complexity index is 119. The Balaban J connectivity index is 0. The van der Waals surface area contributed by atoms with Crippen LogP contribution in [-0.4, -0.2) is 29.7 Å². The van der Waals surface area contributed by atoms with Crippen LogP contribution in [-0.2, 0) is 4.79 Å². The molecule has 0 saturated heterocycles. The number of hydrogen-bond acceptors (Lipinski definition) is 3. The van der Waals surface area contributed by atoms with Crippen LogP contribution in [0, 0.1) is 4.91 Å². The maximum atomic E-state index is 9.85. The van der Waals surface area contributed by atoms with Crippen LogP contribution in [0.15, 0.2) is 5.29 Å². The Morgan fingerprint density at radius 3 is 2.50 bits per heavy atom. The molecule has 0 aliphatic carbocycles. The molecule has 0 aromatic rings. The zero-order valence-corrected chi connectivity index (χ0v) is 6.30. The van der Waals surface area contributed by atoms with Crippen molar-refractivity contribution in [2.75, 3.05) is 13.6 Å². The second-order valence-corrected chi connectivity index (χ2v) is 1.61. The lowest BCUT2D eigenvalue weighted by Gasteiger charge is -2.03. The van der Waals surface area contributed by atoms with Crippen molar-refractivity contribution in [1.29, 1.82) is 0 Å². The number of carboxylic acid groups (broad SMARTS) is 1. The predicted octanol–water partition coefficient (Wildman–Crippen LogP) is 0.496. The average molecular weight is 169 g/mol. The van der Waals surface area contributed by atoms with Gasteiger partial charge in [-0.3, -0.25) is 9.80 Å². The molecule has 0 saturated carbocycles. The third kappa shape index (κ3) is 7.16. The van der Waals surface area contributed by atoms with Crippen molar-refractivity contribution in [2.24, 2.45) is 5.29 Å². The van der Waals surface area contributed by atoms with Crippen LogP contribution in [0.4, 0.5) is 0 Å². The van der Waals surface area contributed by atoms with Crippen LogP contribution in [0.3, 0.4) is 0 Å². The minimum atomic E-state index is -0.925. The van der Waals surface area contributed by atoms with Crippen LogP contribution < -0.4 is 0 Å². The zero-order valence-electron chi connectivity index (χ0n) is 5.48. The van der Waals surface area contributed by atoms with Crippen LogP contribution >= 0.6 is 12.4 Å². The molecule has 0 aromatic carbocycles. The molecule has 0 fully saturated rings. The monoisotopic (exact) mass is 168 g/mol. The number of nitroso groups, excluding NO2 is 1. The van der Waals surface area contributed by atoms with E-state index in [-0.39, 0.29) is 25.4 Å². The molecule has 0 radical (unpaired) electrons. The van der Waals surface area contributed by atoms with Gasteiger partial charge >= 0.3 is 5.97 Å². The summed E-state index contributed by atoms with van der Waals surface area (Å²) in [7, 11) is 1.43. The largest absolute Gasteiger partial charge is 0.481 e. The molecule has 1 N–H and O–H groups in total. The van der Waals surface area contributed by atoms with Gasteiger partial charge in [0.25, 0.3) is 0 Å². The van der Waals surface area contributed by atoms with Gasteiger partial charge < -0.3 is 5.11 Å². The molecule has 6 heteroatoms. The zero-order chi connectivity index (χ0) is 7.28. The predicted molar refractivity (Wildman–Crippen MR) is 37.9 cm³/mol. The fourth-order valence-corrected chi connectivity index (χ4v) is 0.298. The highest BCUT2D eigenvalue weighted by Crippen LogP contribution is 1.85. The SMILES string of the molecule is CN(CCC(=O)O)N=O.Cl. The molecule has 0 aliphatic heterocycles. The van der Waals surface area contributed by atoms with E-state index >= 15 is 0 Å². The lowest BCUT2D eigenvalue weighted by molar-refractivity contribution is -0.137. The summed E-state index contributed by atoms with van der Waals surface area (Å²) in [6.45, 7) is 0.166. The molecule has 0 heterocycles. The van der Waals surface area contributed by atoms with Crippen molar-refractivity contribution in [3.8, 4) is 0 Å². The summed E-state index contributed by atoms with van der Waals surface area (Å²) in [4.78, 5) is 19.4. The van der Waals surface area contributed by atoms with Gasteiger partial charge in [0.1, 0.15) is 0 Å². The number of carbonyl (C=O) groups is 1. The van der Waals surface area contributed by atoms with Crippen molar-refractivity contribution in [3.05, 3.63) is 4.91 Å². The van der Waals surface area contributed by atoms with E-state index in [1.807, 2.05) is 0 Å². The van der Waals surface area contributed by atoms with Crippen LogP contribution in [0.1, 0.15) is 6.42 Å². The fraction of sp³-hybridized carbons (Fsp3) is 0.750. The minimum absolute atomic E-state index is 0. The summed E-state index contributed by atoms with van der Waals surface area (Å²) in [5.74, 6) is -0.925. The van der Waals surface area contributed by atoms with Gasteiger partial charge in [0.05, 0.1) is 11.7 Å². The molecule has 0 atom stereocenters. The van der Waals surface area contributed by atoms with E-state index in [2.05, 4.69) is 5.29 Å². The Morgan fingerprint density at radius 2 is 2.20 bits per heavy atom. The molecule has 10 heavy (non-hydrogen) atoms. The summed E-state index contributed by atoms with van der Waals surface area (Å²) in [5.41, 5.74) is 0. The number of carboxylic acids is 1. The maximum Gasteiger partial charge on any atom is 0.305 e. The van der Waals surface area contributed by atoms with Gasteiger partial charge in [-0.1, -0.05) is 0 Å². The van der Waals surface area contributed by atoms with E-state index in [4.69, 9.17) is 5.11 Å². The van der Waals surface area contributed by atoms with Crippen LogP contribution in [0.25, 0.3) is 0 Å². The second kappa shape index (κ2) is 6.28. The second-order valence-electron chi connectivity index (χ2n) is 1.61. The standard InChI is InChI=1S/C4H8N2O3.ClH/c1-6(5-9)3-2-4(7)8;/h2-3H2,1H3,(H,7,8);1H. The smallest absolute Gasteiger partial charge is 0.305 e. The first-order valence-corrected chi connectivity index (χ1v) is 2.43. The van der Waals surface area contributed by atoms with Crippen molar-refractivity contribution < 1.29 is 9.90 Å². The number of rotatable bonds is 4. The fourth-order valence-electron chi connectivity index (χ4n) is 0.298. The van der Waals surface area contributed by atoms with Crippen molar-refractivity contribution in [1.82, 2.24) is 5.01 Å². The van der Waals surface area contributed by atoms with E-state index in [0.717, 1.165) is 5.01 Å². The molecular formula is C4H9ClN2O3. The van der Waals surface area contributed by atoms with Crippen molar-refractivity contribution in [3.63, 3.8) is 0 Å². The minimum Gasteiger partial charge on any atom is -0.481 e. The van der Waals surface area contributed by atoms with E-state index in [9.17, 15) is 9.70 Å². The van der Waals surface area contributed by atoms with Gasteiger partial charge in [-0.2, -0.15) is 0 Å². The molecule has 5 nitrogen and oxygen atoms in total. The first kappa shape index (κ1) is 11.9. The molecule has 0 aromatic heterocycles. The molecule has 0 rings (SSSR count). The third-order valence-electron chi connectivity index (χ3n) is 0.789. The highest BCUT2D eigenvalue weighted by molar-refractivity contribution is 5.85. The normalized spacial score (nSPS) is 7.70. The lowest BCUT2D eigenvalue weighted by Crippen LogP contribution is -2.14. The lowest BCUT2D eigenvalue weighted by atomic mass is 10.4. The summed E-state index contributed by atoms with van der Waals surface area (Å²) in [6, 6.07) is 0. The molecule has 0 aliphatic rings. The Kier molecular flexibility index (Phi) is 7.47. The van der Waals surface area contributed by atoms with Gasteiger partial charge in [0.2, 0.25) is 0 Å². The highest BCUT2D eigenvalue weighted by Gasteiger charge is 1.98. The molecule has 0 bridgehead atoms. The number of halogens is 1. The Morgan fingerprint density at radius 1 is 1.70 bits per heavy atom. The maximum absolute atomic E-state index is 9.85. The third-order valence-corrected chi connectivity index (χ3v) is 0.789. The first-order chi connectivity index (χ1) is 4.16. The molecular weight excluding hydrogens is 160 g/mol. The van der Waals surface area contributed by atoms with Gasteiger partial charge in [-0.05, 0) is 0 Å². The molecule has 0 unspecified atom stereocenters. The van der Waals surface area contributed by atoms with E-state index in [0.29, 0.717) is 0 Å². The summed E-state index contributed by atoms with van der Waals surface area (Å²) in [5, 5.41) is 11.6. The Labute approximate surface area is 64.4 Å². The van der Waals surface area contributed by atoms with Gasteiger partial charge in [-0.25, -0.2) is 0 Å². The average Bonchev–Trinajstić information content (AvgIpc) is 1.83. The Hall–Kier alpha value is -0.840.